The molecule has 2 heterocycles. The number of nitrogens with one attached hydrogen (secondary N) is 1. The van der Waals surface area contributed by atoms with E-state index >= 15 is 0 Å². The predicted molar refractivity (Wildman–Crippen MR) is 107 cm³/mol. The van der Waals surface area contributed by atoms with E-state index in [4.69, 9.17) is 11.6 Å². The van der Waals surface area contributed by atoms with Gasteiger partial charge in [-0.15, -0.1) is 10.2 Å². The highest BCUT2D eigenvalue weighted by Crippen LogP contribution is 2.31. The van der Waals surface area contributed by atoms with Gasteiger partial charge in [0.15, 0.2) is 11.0 Å². The Kier molecular flexibility index (Phi) is 5.56. The van der Waals surface area contributed by atoms with Crippen LogP contribution in [0.25, 0.3) is 0 Å². The van der Waals surface area contributed by atoms with E-state index in [0.717, 1.165) is 30.8 Å². The van der Waals surface area contributed by atoms with Crippen molar-refractivity contribution in [1.82, 2.24) is 10.2 Å². The first-order valence-electron chi connectivity index (χ1n) is 9.12. The van der Waals surface area contributed by atoms with Gasteiger partial charge >= 0.3 is 0 Å². The molecular weight excluding hydrogens is 364 g/mol. The van der Waals surface area contributed by atoms with E-state index < -0.39 is 0 Å². The number of rotatable bonds is 3. The first-order chi connectivity index (χ1) is 12.7. The Labute approximate surface area is 164 Å². The highest BCUT2D eigenvalue weighted by atomic mass is 35.5. The van der Waals surface area contributed by atoms with Gasteiger partial charge in [0.05, 0.1) is 11.6 Å². The Morgan fingerprint density at radius 1 is 1.26 bits per heavy atom. The fourth-order valence-corrected chi connectivity index (χ4v) is 3.32. The molecule has 3 rings (SSSR count). The number of amides is 1. The van der Waals surface area contributed by atoms with Gasteiger partial charge in [-0.05, 0) is 48.1 Å². The number of halogens is 1. The number of phenolic OH excluding ortho intramolecular Hbond substituents is 1. The number of aromatic hydroxyl groups is 1. The molecule has 1 amide bonds. The molecule has 6 nitrogen and oxygen atoms in total. The van der Waals surface area contributed by atoms with Gasteiger partial charge in [-0.25, -0.2) is 0 Å². The first-order valence-corrected chi connectivity index (χ1v) is 9.50. The second-order valence-corrected chi connectivity index (χ2v) is 8.36. The molecule has 144 valence electrons. The minimum atomic E-state index is -0.186. The van der Waals surface area contributed by atoms with Crippen molar-refractivity contribution >= 4 is 29.0 Å². The molecule has 0 radical (unpaired) electrons. The number of hydrogen-bond donors (Lipinski definition) is 2. The number of benzene rings is 1. The SMILES string of the molecule is CC(C)(C)c1ccc(O)c(NC(=O)[C@@H]2CCCN(c3ccc(Cl)nn3)C2)c1. The van der Waals surface area contributed by atoms with E-state index in [-0.39, 0.29) is 23.0 Å². The van der Waals surface area contributed by atoms with E-state index in [1.807, 2.05) is 23.1 Å². The Morgan fingerprint density at radius 2 is 2.04 bits per heavy atom. The van der Waals surface area contributed by atoms with Gasteiger partial charge in [0.1, 0.15) is 5.75 Å². The van der Waals surface area contributed by atoms with Crippen molar-refractivity contribution in [3.63, 3.8) is 0 Å². The molecule has 2 N–H and O–H groups in total. The number of carbonyl (C=O) groups is 1. The third-order valence-corrected chi connectivity index (χ3v) is 5.06. The van der Waals surface area contributed by atoms with Crippen molar-refractivity contribution < 1.29 is 9.90 Å². The summed E-state index contributed by atoms with van der Waals surface area (Å²) in [5.74, 6) is 0.513. The number of aromatic nitrogens is 2. The van der Waals surface area contributed by atoms with Crippen LogP contribution in [0.2, 0.25) is 5.15 Å². The molecule has 2 aromatic rings. The summed E-state index contributed by atoms with van der Waals surface area (Å²) in [4.78, 5) is 14.8. The fourth-order valence-electron chi connectivity index (χ4n) is 3.21. The molecule has 1 atom stereocenters. The van der Waals surface area contributed by atoms with E-state index in [2.05, 4.69) is 36.3 Å². The van der Waals surface area contributed by atoms with Crippen LogP contribution in [-0.2, 0) is 10.2 Å². The Balaban J connectivity index is 1.71. The number of carbonyl (C=O) groups excluding carboxylic acids is 1. The van der Waals surface area contributed by atoms with E-state index in [0.29, 0.717) is 17.4 Å². The predicted octanol–water partition coefficient (Wildman–Crippen LogP) is 3.99. The molecule has 1 aromatic heterocycles. The monoisotopic (exact) mass is 388 g/mol. The number of phenols is 1. The van der Waals surface area contributed by atoms with Gasteiger partial charge in [0.25, 0.3) is 0 Å². The number of piperidine rings is 1. The van der Waals surface area contributed by atoms with Crippen LogP contribution in [0.5, 0.6) is 5.75 Å². The zero-order valence-electron chi connectivity index (χ0n) is 15.9. The van der Waals surface area contributed by atoms with Crippen LogP contribution in [0.3, 0.4) is 0 Å². The van der Waals surface area contributed by atoms with Crippen LogP contribution >= 0.6 is 11.6 Å². The maximum Gasteiger partial charge on any atom is 0.229 e. The fraction of sp³-hybridized carbons (Fsp3) is 0.450. The van der Waals surface area contributed by atoms with Crippen LogP contribution in [0.4, 0.5) is 11.5 Å². The summed E-state index contributed by atoms with van der Waals surface area (Å²) < 4.78 is 0. The maximum absolute atomic E-state index is 12.8. The van der Waals surface area contributed by atoms with E-state index in [1.165, 1.54) is 0 Å². The molecule has 7 heteroatoms. The van der Waals surface area contributed by atoms with Crippen LogP contribution in [0, 0.1) is 5.92 Å². The topological polar surface area (TPSA) is 78.4 Å². The molecule has 0 bridgehead atoms. The smallest absolute Gasteiger partial charge is 0.229 e. The van der Waals surface area contributed by atoms with Gasteiger partial charge < -0.3 is 15.3 Å². The quantitative estimate of drug-likeness (QED) is 0.777. The highest BCUT2D eigenvalue weighted by molar-refractivity contribution is 6.29. The van der Waals surface area contributed by atoms with Crippen molar-refractivity contribution in [2.45, 2.75) is 39.0 Å². The molecule has 1 aliphatic heterocycles. The lowest BCUT2D eigenvalue weighted by atomic mass is 9.86. The minimum Gasteiger partial charge on any atom is -0.506 e. The summed E-state index contributed by atoms with van der Waals surface area (Å²) in [7, 11) is 0. The molecule has 27 heavy (non-hydrogen) atoms. The average Bonchev–Trinajstić information content (AvgIpc) is 2.63. The Hall–Kier alpha value is -2.34. The van der Waals surface area contributed by atoms with Gasteiger partial charge in [-0.2, -0.15) is 0 Å². The number of anilines is 2. The van der Waals surface area contributed by atoms with Crippen molar-refractivity contribution in [2.75, 3.05) is 23.3 Å². The van der Waals surface area contributed by atoms with Crippen LogP contribution in [0.15, 0.2) is 30.3 Å². The summed E-state index contributed by atoms with van der Waals surface area (Å²) in [5, 5.41) is 21.4. The number of hydrogen-bond acceptors (Lipinski definition) is 5. The second-order valence-electron chi connectivity index (χ2n) is 7.97. The van der Waals surface area contributed by atoms with Gasteiger partial charge in [0.2, 0.25) is 5.91 Å². The summed E-state index contributed by atoms with van der Waals surface area (Å²) in [5.41, 5.74) is 1.44. The molecule has 0 saturated carbocycles. The Bertz CT molecular complexity index is 818. The first kappa shape index (κ1) is 19.4. The van der Waals surface area contributed by atoms with Crippen molar-refractivity contribution in [2.24, 2.45) is 5.92 Å². The maximum atomic E-state index is 12.8. The second kappa shape index (κ2) is 7.72. The lowest BCUT2D eigenvalue weighted by molar-refractivity contribution is -0.120. The van der Waals surface area contributed by atoms with Crippen LogP contribution in [-0.4, -0.2) is 34.3 Å². The largest absolute Gasteiger partial charge is 0.506 e. The van der Waals surface area contributed by atoms with Crippen molar-refractivity contribution in [1.29, 1.82) is 0 Å². The third kappa shape index (κ3) is 4.69. The van der Waals surface area contributed by atoms with Gasteiger partial charge in [-0.3, -0.25) is 4.79 Å². The summed E-state index contributed by atoms with van der Waals surface area (Å²) in [6, 6.07) is 8.87. The van der Waals surface area contributed by atoms with Crippen molar-refractivity contribution in [3.8, 4) is 5.75 Å². The average molecular weight is 389 g/mol. The third-order valence-electron chi connectivity index (χ3n) is 4.85. The van der Waals surface area contributed by atoms with Gasteiger partial charge in [0, 0.05) is 13.1 Å². The normalized spacial score (nSPS) is 17.6. The highest BCUT2D eigenvalue weighted by Gasteiger charge is 2.27. The standard InChI is InChI=1S/C20H25ClN4O2/c1-20(2,3)14-6-7-16(26)15(11-14)22-19(27)13-5-4-10-25(12-13)18-9-8-17(21)23-24-18/h6-9,11,13,26H,4-5,10,12H2,1-3H3,(H,22,27)/t13-/m1/s1. The zero-order chi connectivity index (χ0) is 19.6. The van der Waals surface area contributed by atoms with Crippen LogP contribution in [0.1, 0.15) is 39.2 Å². The van der Waals surface area contributed by atoms with Gasteiger partial charge in [-0.1, -0.05) is 38.4 Å². The summed E-state index contributed by atoms with van der Waals surface area (Å²) in [6.07, 6.45) is 1.68. The van der Waals surface area contributed by atoms with E-state index in [9.17, 15) is 9.90 Å². The summed E-state index contributed by atoms with van der Waals surface area (Å²) in [6.45, 7) is 7.66. The zero-order valence-corrected chi connectivity index (χ0v) is 16.6. The lowest BCUT2D eigenvalue weighted by Crippen LogP contribution is -2.41. The molecule has 0 spiro atoms. The molecule has 0 unspecified atom stereocenters. The van der Waals surface area contributed by atoms with Crippen LogP contribution < -0.4 is 10.2 Å². The number of nitrogens with zero attached hydrogens (tertiary/aromatic N) is 3. The van der Waals surface area contributed by atoms with E-state index in [1.54, 1.807) is 12.1 Å². The summed E-state index contributed by atoms with van der Waals surface area (Å²) >= 11 is 5.80. The van der Waals surface area contributed by atoms with Crippen molar-refractivity contribution in [3.05, 3.63) is 41.0 Å². The molecule has 1 aromatic carbocycles. The Morgan fingerprint density at radius 3 is 2.70 bits per heavy atom. The molecule has 1 saturated heterocycles. The molecule has 1 aliphatic rings. The lowest BCUT2D eigenvalue weighted by Gasteiger charge is -2.32. The molecule has 0 aliphatic carbocycles. The molecular formula is C20H25ClN4O2. The minimum absolute atomic E-state index is 0.0674. The molecule has 1 fully saturated rings.